The number of unbranched alkanes of at least 4 members (excludes halogenated alkanes) is 1. The first-order valence-corrected chi connectivity index (χ1v) is 7.15. The number of furan rings is 1. The van der Waals surface area contributed by atoms with E-state index in [0.717, 1.165) is 12.2 Å². The molecule has 0 bridgehead atoms. The summed E-state index contributed by atoms with van der Waals surface area (Å²) in [5, 5.41) is 12.5. The van der Waals surface area contributed by atoms with Gasteiger partial charge < -0.3 is 14.8 Å². The van der Waals surface area contributed by atoms with E-state index in [0.29, 0.717) is 12.3 Å². The Hall–Kier alpha value is -1.65. The van der Waals surface area contributed by atoms with Crippen molar-refractivity contribution in [2.24, 2.45) is 0 Å². The second kappa shape index (κ2) is 7.82. The van der Waals surface area contributed by atoms with Gasteiger partial charge in [0.1, 0.15) is 18.1 Å². The third-order valence-corrected chi connectivity index (χ3v) is 3.33. The predicted octanol–water partition coefficient (Wildman–Crippen LogP) is 3.19. The summed E-state index contributed by atoms with van der Waals surface area (Å²) in [5.74, 6) is 1.45. The number of hydrogen-bond acceptors (Lipinski definition) is 4. The van der Waals surface area contributed by atoms with Gasteiger partial charge in [-0.3, -0.25) is 4.98 Å². The maximum absolute atomic E-state index is 9.00. The maximum Gasteiger partial charge on any atom is 0.129 e. The molecule has 2 N–H and O–H groups in total. The van der Waals surface area contributed by atoms with Gasteiger partial charge in [0.05, 0.1) is 6.54 Å². The van der Waals surface area contributed by atoms with Gasteiger partial charge in [-0.1, -0.05) is 25.8 Å². The number of nitrogens with one attached hydrogen (secondary N) is 1. The van der Waals surface area contributed by atoms with Crippen LogP contribution in [0.4, 0.5) is 0 Å². The van der Waals surface area contributed by atoms with E-state index >= 15 is 0 Å². The molecule has 2 rings (SSSR count). The largest absolute Gasteiger partial charge is 0.462 e. The summed E-state index contributed by atoms with van der Waals surface area (Å²) < 4.78 is 5.50. The van der Waals surface area contributed by atoms with Crippen molar-refractivity contribution in [3.63, 3.8) is 0 Å². The van der Waals surface area contributed by atoms with Gasteiger partial charge in [-0.15, -0.1) is 0 Å². The molecule has 0 fully saturated rings. The highest BCUT2D eigenvalue weighted by Gasteiger charge is 2.11. The normalized spacial score (nSPS) is 12.5. The third-order valence-electron chi connectivity index (χ3n) is 3.33. The van der Waals surface area contributed by atoms with Crippen molar-refractivity contribution < 1.29 is 9.52 Å². The lowest BCUT2D eigenvalue weighted by atomic mass is 10.0. The van der Waals surface area contributed by atoms with Gasteiger partial charge in [0, 0.05) is 18.4 Å². The number of aromatic nitrogens is 1. The minimum Gasteiger partial charge on any atom is -0.462 e. The molecule has 4 nitrogen and oxygen atoms in total. The van der Waals surface area contributed by atoms with E-state index in [1.165, 1.54) is 18.4 Å². The van der Waals surface area contributed by atoms with Crippen molar-refractivity contribution in [3.8, 4) is 0 Å². The van der Waals surface area contributed by atoms with Crippen LogP contribution in [-0.4, -0.2) is 10.1 Å². The van der Waals surface area contributed by atoms with E-state index in [1.54, 1.807) is 6.20 Å². The zero-order valence-electron chi connectivity index (χ0n) is 11.9. The highest BCUT2D eigenvalue weighted by molar-refractivity contribution is 5.14. The minimum atomic E-state index is -0.0537. The van der Waals surface area contributed by atoms with Crippen molar-refractivity contribution in [1.82, 2.24) is 10.3 Å². The van der Waals surface area contributed by atoms with Crippen LogP contribution in [0.25, 0.3) is 0 Å². The summed E-state index contributed by atoms with van der Waals surface area (Å²) in [4.78, 5) is 4.19. The second-order valence-electron chi connectivity index (χ2n) is 4.89. The summed E-state index contributed by atoms with van der Waals surface area (Å²) in [6.07, 6.45) is 7.13. The van der Waals surface area contributed by atoms with Crippen LogP contribution in [0.2, 0.25) is 0 Å². The number of hydrogen-bond donors (Lipinski definition) is 2. The Balaban J connectivity index is 1.97. The predicted molar refractivity (Wildman–Crippen MR) is 78.0 cm³/mol. The molecule has 2 aromatic rings. The fraction of sp³-hybridized carbons (Fsp3) is 0.438. The number of aliphatic hydroxyl groups excluding tert-OH is 1. The molecule has 0 aromatic carbocycles. The Morgan fingerprint density at radius 3 is 2.80 bits per heavy atom. The minimum absolute atomic E-state index is 0.0537. The molecule has 0 aliphatic heterocycles. The Kier molecular flexibility index (Phi) is 5.77. The Bertz CT molecular complexity index is 496. The van der Waals surface area contributed by atoms with Gasteiger partial charge in [0.25, 0.3) is 0 Å². The summed E-state index contributed by atoms with van der Waals surface area (Å²) in [6, 6.07) is 8.06. The van der Waals surface area contributed by atoms with Gasteiger partial charge in [0.2, 0.25) is 0 Å². The van der Waals surface area contributed by atoms with Crippen molar-refractivity contribution in [1.29, 1.82) is 0 Å². The van der Waals surface area contributed by atoms with Crippen LogP contribution in [-0.2, 0) is 13.2 Å². The standard InChI is InChI=1S/C16H22N2O2/c1-2-3-6-16(13-5-4-9-17-10-13)18-11-14-7-8-15(12-19)20-14/h4-5,7-10,16,18-19H,2-3,6,11-12H2,1H3. The third kappa shape index (κ3) is 4.18. The first kappa shape index (κ1) is 14.8. The fourth-order valence-electron chi connectivity index (χ4n) is 2.20. The van der Waals surface area contributed by atoms with Crippen LogP contribution >= 0.6 is 0 Å². The summed E-state index contributed by atoms with van der Waals surface area (Å²) in [5.41, 5.74) is 1.20. The van der Waals surface area contributed by atoms with Gasteiger partial charge in [-0.05, 0) is 30.2 Å². The summed E-state index contributed by atoms with van der Waals surface area (Å²) in [7, 11) is 0. The van der Waals surface area contributed by atoms with Crippen LogP contribution in [0.15, 0.2) is 41.1 Å². The lowest BCUT2D eigenvalue weighted by Gasteiger charge is -2.18. The molecule has 0 saturated heterocycles. The van der Waals surface area contributed by atoms with E-state index in [1.807, 2.05) is 24.4 Å². The lowest BCUT2D eigenvalue weighted by Crippen LogP contribution is -2.20. The van der Waals surface area contributed by atoms with Crippen LogP contribution in [0.5, 0.6) is 0 Å². The summed E-state index contributed by atoms with van der Waals surface area (Å²) in [6.45, 7) is 2.80. The highest BCUT2D eigenvalue weighted by atomic mass is 16.4. The molecule has 0 aliphatic carbocycles. The molecule has 1 atom stereocenters. The Morgan fingerprint density at radius 2 is 2.15 bits per heavy atom. The van der Waals surface area contributed by atoms with E-state index in [4.69, 9.17) is 9.52 Å². The van der Waals surface area contributed by atoms with E-state index < -0.39 is 0 Å². The molecule has 1 unspecified atom stereocenters. The quantitative estimate of drug-likeness (QED) is 0.776. The highest BCUT2D eigenvalue weighted by Crippen LogP contribution is 2.19. The van der Waals surface area contributed by atoms with Gasteiger partial charge in [0.15, 0.2) is 0 Å². The molecular formula is C16H22N2O2. The van der Waals surface area contributed by atoms with Crippen molar-refractivity contribution >= 4 is 0 Å². The first-order valence-electron chi connectivity index (χ1n) is 7.15. The molecule has 0 saturated carbocycles. The molecule has 0 spiro atoms. The van der Waals surface area contributed by atoms with Gasteiger partial charge in [-0.25, -0.2) is 0 Å². The number of nitrogens with zero attached hydrogens (tertiary/aromatic N) is 1. The van der Waals surface area contributed by atoms with Crippen molar-refractivity contribution in [2.45, 2.75) is 45.4 Å². The molecule has 0 radical (unpaired) electrons. The van der Waals surface area contributed by atoms with Gasteiger partial charge in [-0.2, -0.15) is 0 Å². The van der Waals surface area contributed by atoms with Crippen LogP contribution < -0.4 is 5.32 Å². The Morgan fingerprint density at radius 1 is 1.30 bits per heavy atom. The number of aliphatic hydroxyl groups is 1. The smallest absolute Gasteiger partial charge is 0.129 e. The Labute approximate surface area is 119 Å². The molecule has 0 aliphatic rings. The van der Waals surface area contributed by atoms with E-state index in [2.05, 4.69) is 23.3 Å². The zero-order chi connectivity index (χ0) is 14.2. The molecule has 2 aromatic heterocycles. The number of pyridine rings is 1. The first-order chi connectivity index (χ1) is 9.83. The topological polar surface area (TPSA) is 58.3 Å². The van der Waals surface area contributed by atoms with Gasteiger partial charge >= 0.3 is 0 Å². The lowest BCUT2D eigenvalue weighted by molar-refractivity contribution is 0.242. The van der Waals surface area contributed by atoms with E-state index in [-0.39, 0.29) is 12.6 Å². The molecular weight excluding hydrogens is 252 g/mol. The molecule has 108 valence electrons. The zero-order valence-corrected chi connectivity index (χ0v) is 11.9. The molecule has 0 amide bonds. The SMILES string of the molecule is CCCCC(NCc1ccc(CO)o1)c1cccnc1. The van der Waals surface area contributed by atoms with Crippen molar-refractivity contribution in [2.75, 3.05) is 0 Å². The van der Waals surface area contributed by atoms with Crippen molar-refractivity contribution in [3.05, 3.63) is 53.7 Å². The maximum atomic E-state index is 9.00. The van der Waals surface area contributed by atoms with Crippen LogP contribution in [0.3, 0.4) is 0 Å². The molecule has 4 heteroatoms. The average Bonchev–Trinajstić information content (AvgIpc) is 2.96. The average molecular weight is 274 g/mol. The number of rotatable bonds is 8. The fourth-order valence-corrected chi connectivity index (χ4v) is 2.20. The van der Waals surface area contributed by atoms with Crippen LogP contribution in [0.1, 0.15) is 49.3 Å². The molecule has 20 heavy (non-hydrogen) atoms. The van der Waals surface area contributed by atoms with Crippen LogP contribution in [0, 0.1) is 0 Å². The monoisotopic (exact) mass is 274 g/mol. The summed E-state index contributed by atoms with van der Waals surface area (Å²) >= 11 is 0. The van der Waals surface area contributed by atoms with E-state index in [9.17, 15) is 0 Å². The molecule has 2 heterocycles. The second-order valence-corrected chi connectivity index (χ2v) is 4.89.